The third-order valence-electron chi connectivity index (χ3n) is 1.87. The topological polar surface area (TPSA) is 97.5 Å². The van der Waals surface area contributed by atoms with Gasteiger partial charge in [0.2, 0.25) is 0 Å². The molecule has 0 saturated heterocycles. The van der Waals surface area contributed by atoms with Gasteiger partial charge in [0.15, 0.2) is 5.78 Å². The minimum Gasteiger partial charge on any atom is -0.481 e. The average Bonchev–Trinajstić information content (AvgIpc) is 2.26. The first-order chi connectivity index (χ1) is 7.99. The quantitative estimate of drug-likeness (QED) is 0.362. The van der Waals surface area contributed by atoms with Crippen molar-refractivity contribution < 1.29 is 19.6 Å². The largest absolute Gasteiger partial charge is 0.481 e. The number of benzene rings is 1. The van der Waals surface area contributed by atoms with Crippen LogP contribution in [0.3, 0.4) is 0 Å². The Balaban J connectivity index is 2.78. The van der Waals surface area contributed by atoms with Crippen LogP contribution in [0.25, 0.3) is 6.08 Å². The molecule has 0 spiro atoms. The van der Waals surface area contributed by atoms with Gasteiger partial charge in [0, 0.05) is 12.1 Å². The Hall–Kier alpha value is -2.50. The van der Waals surface area contributed by atoms with Crippen molar-refractivity contribution in [1.29, 1.82) is 0 Å². The molecule has 6 heteroatoms. The Labute approximate surface area is 96.3 Å². The van der Waals surface area contributed by atoms with Crippen LogP contribution in [-0.4, -0.2) is 21.8 Å². The SMILES string of the molecule is O=C(O)CC(=O)C=Cc1cccc([N+](=O)[O-])c1. The lowest BCUT2D eigenvalue weighted by molar-refractivity contribution is -0.384. The van der Waals surface area contributed by atoms with Gasteiger partial charge in [-0.2, -0.15) is 0 Å². The zero-order valence-electron chi connectivity index (χ0n) is 8.70. The third kappa shape index (κ3) is 4.25. The number of rotatable bonds is 5. The van der Waals surface area contributed by atoms with Crippen LogP contribution in [-0.2, 0) is 9.59 Å². The van der Waals surface area contributed by atoms with Gasteiger partial charge in [0.1, 0.15) is 6.42 Å². The summed E-state index contributed by atoms with van der Waals surface area (Å²) in [4.78, 5) is 31.2. The summed E-state index contributed by atoms with van der Waals surface area (Å²) in [6, 6.07) is 5.69. The van der Waals surface area contributed by atoms with Crippen LogP contribution >= 0.6 is 0 Å². The van der Waals surface area contributed by atoms with E-state index in [1.165, 1.54) is 24.3 Å². The third-order valence-corrected chi connectivity index (χ3v) is 1.87. The molecule has 0 aliphatic rings. The fourth-order valence-electron chi connectivity index (χ4n) is 1.14. The van der Waals surface area contributed by atoms with Crippen molar-refractivity contribution in [3.63, 3.8) is 0 Å². The average molecular weight is 235 g/mol. The summed E-state index contributed by atoms with van der Waals surface area (Å²) in [6.45, 7) is 0. The van der Waals surface area contributed by atoms with Gasteiger partial charge in [-0.15, -0.1) is 0 Å². The van der Waals surface area contributed by atoms with Crippen molar-refractivity contribution in [1.82, 2.24) is 0 Å². The molecule has 1 rings (SSSR count). The van der Waals surface area contributed by atoms with Crippen molar-refractivity contribution in [2.45, 2.75) is 6.42 Å². The lowest BCUT2D eigenvalue weighted by Crippen LogP contribution is -2.02. The number of hydrogen-bond acceptors (Lipinski definition) is 4. The van der Waals surface area contributed by atoms with E-state index in [-0.39, 0.29) is 5.69 Å². The molecule has 0 aromatic heterocycles. The van der Waals surface area contributed by atoms with Gasteiger partial charge in [0.25, 0.3) is 5.69 Å². The van der Waals surface area contributed by atoms with E-state index >= 15 is 0 Å². The molecular formula is C11H9NO5. The van der Waals surface area contributed by atoms with Crippen LogP contribution in [0.1, 0.15) is 12.0 Å². The van der Waals surface area contributed by atoms with Crippen LogP contribution in [0, 0.1) is 10.1 Å². The number of carboxylic acids is 1. The summed E-state index contributed by atoms with van der Waals surface area (Å²) < 4.78 is 0. The molecule has 6 nitrogen and oxygen atoms in total. The number of hydrogen-bond donors (Lipinski definition) is 1. The molecule has 0 fully saturated rings. The molecule has 0 heterocycles. The first-order valence-electron chi connectivity index (χ1n) is 4.66. The van der Waals surface area contributed by atoms with Crippen molar-refractivity contribution in [2.24, 2.45) is 0 Å². The molecular weight excluding hydrogens is 226 g/mol. The van der Waals surface area contributed by atoms with Crippen LogP contribution in [0.15, 0.2) is 30.3 Å². The molecule has 0 radical (unpaired) electrons. The highest BCUT2D eigenvalue weighted by molar-refractivity contribution is 6.03. The smallest absolute Gasteiger partial charge is 0.311 e. The van der Waals surface area contributed by atoms with Crippen LogP contribution in [0.4, 0.5) is 5.69 Å². The van der Waals surface area contributed by atoms with E-state index < -0.39 is 23.1 Å². The second-order valence-corrected chi connectivity index (χ2v) is 3.22. The normalized spacial score (nSPS) is 10.4. The maximum Gasteiger partial charge on any atom is 0.311 e. The van der Waals surface area contributed by atoms with Gasteiger partial charge >= 0.3 is 5.97 Å². The van der Waals surface area contributed by atoms with Gasteiger partial charge < -0.3 is 5.11 Å². The molecule has 0 unspecified atom stereocenters. The van der Waals surface area contributed by atoms with E-state index in [1.807, 2.05) is 0 Å². The van der Waals surface area contributed by atoms with E-state index in [4.69, 9.17) is 5.11 Å². The van der Waals surface area contributed by atoms with E-state index in [0.717, 1.165) is 6.08 Å². The van der Waals surface area contributed by atoms with Gasteiger partial charge in [-0.3, -0.25) is 19.7 Å². The van der Waals surface area contributed by atoms with E-state index in [2.05, 4.69) is 0 Å². The second kappa shape index (κ2) is 5.55. The monoisotopic (exact) mass is 235 g/mol. The number of carbonyl (C=O) groups is 2. The maximum atomic E-state index is 11.0. The molecule has 0 atom stereocenters. The zero-order chi connectivity index (χ0) is 12.8. The summed E-state index contributed by atoms with van der Waals surface area (Å²) in [5, 5.41) is 18.8. The van der Waals surface area contributed by atoms with Gasteiger partial charge in [-0.1, -0.05) is 18.2 Å². The van der Waals surface area contributed by atoms with E-state index in [1.54, 1.807) is 6.07 Å². The molecule has 88 valence electrons. The van der Waals surface area contributed by atoms with Gasteiger partial charge in [0.05, 0.1) is 4.92 Å². The molecule has 0 aliphatic heterocycles. The molecule has 0 saturated carbocycles. The highest BCUT2D eigenvalue weighted by Gasteiger charge is 2.05. The fraction of sp³-hybridized carbons (Fsp3) is 0.0909. The second-order valence-electron chi connectivity index (χ2n) is 3.22. The predicted molar refractivity (Wildman–Crippen MR) is 59.4 cm³/mol. The molecule has 0 aliphatic carbocycles. The number of nitro benzene ring substituents is 1. The summed E-state index contributed by atoms with van der Waals surface area (Å²) in [5.41, 5.74) is 0.385. The number of nitrogens with zero attached hydrogens (tertiary/aromatic N) is 1. The van der Waals surface area contributed by atoms with E-state index in [0.29, 0.717) is 5.56 Å². The first kappa shape index (κ1) is 12.6. The van der Waals surface area contributed by atoms with Crippen molar-refractivity contribution >= 4 is 23.5 Å². The number of ketones is 1. The minimum absolute atomic E-state index is 0.0853. The molecule has 1 N–H and O–H groups in total. The highest BCUT2D eigenvalue weighted by atomic mass is 16.6. The fourth-order valence-corrected chi connectivity index (χ4v) is 1.14. The predicted octanol–water partition coefficient (Wildman–Crippen LogP) is 1.65. The number of aliphatic carboxylic acids is 1. The lowest BCUT2D eigenvalue weighted by atomic mass is 10.1. The standard InChI is InChI=1S/C11H9NO5/c13-10(7-11(14)15)5-4-8-2-1-3-9(6-8)12(16)17/h1-6H,7H2,(H,14,15). The van der Waals surface area contributed by atoms with Crippen molar-refractivity contribution in [3.05, 3.63) is 46.0 Å². The van der Waals surface area contributed by atoms with Gasteiger partial charge in [-0.05, 0) is 11.6 Å². The van der Waals surface area contributed by atoms with Crippen LogP contribution in [0.5, 0.6) is 0 Å². The zero-order valence-corrected chi connectivity index (χ0v) is 8.70. The molecule has 17 heavy (non-hydrogen) atoms. The summed E-state index contributed by atoms with van der Waals surface area (Å²) >= 11 is 0. The Kier molecular flexibility index (Phi) is 4.10. The first-order valence-corrected chi connectivity index (χ1v) is 4.66. The molecule has 0 amide bonds. The number of nitro groups is 1. The molecule has 1 aromatic rings. The van der Waals surface area contributed by atoms with Crippen LogP contribution < -0.4 is 0 Å². The Morgan fingerprint density at radius 3 is 2.71 bits per heavy atom. The van der Waals surface area contributed by atoms with Crippen molar-refractivity contribution in [3.8, 4) is 0 Å². The number of carboxylic acid groups (broad SMARTS) is 1. The maximum absolute atomic E-state index is 11.0. The Morgan fingerprint density at radius 1 is 1.41 bits per heavy atom. The summed E-state index contributed by atoms with van der Waals surface area (Å²) in [5.74, 6) is -1.78. The van der Waals surface area contributed by atoms with Crippen molar-refractivity contribution in [2.75, 3.05) is 0 Å². The number of non-ortho nitro benzene ring substituents is 1. The van der Waals surface area contributed by atoms with E-state index in [9.17, 15) is 19.7 Å². The number of allylic oxidation sites excluding steroid dienone is 1. The molecule has 1 aromatic carbocycles. The highest BCUT2D eigenvalue weighted by Crippen LogP contribution is 2.14. The number of carbonyl (C=O) groups excluding carboxylic acids is 1. The minimum atomic E-state index is -1.21. The lowest BCUT2D eigenvalue weighted by Gasteiger charge is -1.94. The summed E-state index contributed by atoms with van der Waals surface area (Å²) in [6.07, 6.45) is 1.84. The van der Waals surface area contributed by atoms with Gasteiger partial charge in [-0.25, -0.2) is 0 Å². The Bertz CT molecular complexity index is 492. The molecule has 0 bridgehead atoms. The summed E-state index contributed by atoms with van der Waals surface area (Å²) in [7, 11) is 0. The Morgan fingerprint density at radius 2 is 2.12 bits per heavy atom. The van der Waals surface area contributed by atoms with Crippen LogP contribution in [0.2, 0.25) is 0 Å².